The number of rotatable bonds is 4. The minimum atomic E-state index is 0.709. The summed E-state index contributed by atoms with van der Waals surface area (Å²) in [6.45, 7) is 0. The molecule has 5 heteroatoms. The lowest BCUT2D eigenvalue weighted by Crippen LogP contribution is -1.84. The summed E-state index contributed by atoms with van der Waals surface area (Å²) < 4.78 is 0. The third-order valence-corrected chi connectivity index (χ3v) is 5.55. The molecule has 4 aromatic carbocycles. The fourth-order valence-corrected chi connectivity index (χ4v) is 3.61. The largest absolute Gasteiger partial charge is 0.256 e. The predicted molar refractivity (Wildman–Crippen MR) is 137 cm³/mol. The molecule has 0 aliphatic rings. The van der Waals surface area contributed by atoms with Crippen LogP contribution < -0.4 is 0 Å². The van der Waals surface area contributed by atoms with Crippen LogP contribution in [0.1, 0.15) is 11.1 Å². The van der Waals surface area contributed by atoms with Crippen molar-refractivity contribution in [2.75, 3.05) is 0 Å². The van der Waals surface area contributed by atoms with Gasteiger partial charge in [0, 0.05) is 33.2 Å². The van der Waals surface area contributed by atoms with Gasteiger partial charge in [-0.05, 0) is 65.7 Å². The number of nitrogens with zero attached hydrogens (tertiary/aromatic N) is 3. The quantitative estimate of drug-likeness (QED) is 0.199. The second kappa shape index (κ2) is 8.91. The van der Waals surface area contributed by atoms with Crippen molar-refractivity contribution >= 4 is 68.8 Å². The Morgan fingerprint density at radius 3 is 1.41 bits per heavy atom. The first-order valence-electron chi connectivity index (χ1n) is 10.1. The number of benzene rings is 4. The zero-order valence-corrected chi connectivity index (χ0v) is 18.4. The van der Waals surface area contributed by atoms with Crippen LogP contribution in [-0.2, 0) is 0 Å². The average Bonchev–Trinajstić information content (AvgIpc) is 2.82. The summed E-state index contributed by atoms with van der Waals surface area (Å²) in [4.78, 5) is 14.0. The molecule has 0 N–H and O–H groups in total. The van der Waals surface area contributed by atoms with Gasteiger partial charge in [0.25, 0.3) is 0 Å². The lowest BCUT2D eigenvalue weighted by atomic mass is 10.1. The van der Waals surface area contributed by atoms with E-state index in [1.54, 1.807) is 0 Å². The van der Waals surface area contributed by atoms with Crippen molar-refractivity contribution in [2.45, 2.75) is 0 Å². The molecule has 1 heterocycles. The molecule has 3 nitrogen and oxygen atoms in total. The molecule has 0 saturated heterocycles. The Labute approximate surface area is 195 Å². The summed E-state index contributed by atoms with van der Waals surface area (Å²) in [6.07, 6.45) is 3.64. The number of aliphatic imine (C=N–C) groups is 2. The highest BCUT2D eigenvalue weighted by molar-refractivity contribution is 6.30. The monoisotopic (exact) mass is 453 g/mol. The van der Waals surface area contributed by atoms with Gasteiger partial charge < -0.3 is 0 Å². The number of fused-ring (bicyclic) bond motifs is 2. The smallest absolute Gasteiger partial charge is 0.0731 e. The van der Waals surface area contributed by atoms with E-state index in [0.29, 0.717) is 10.0 Å². The van der Waals surface area contributed by atoms with Gasteiger partial charge in [0.2, 0.25) is 0 Å². The topological polar surface area (TPSA) is 37.6 Å². The highest BCUT2D eigenvalue weighted by atomic mass is 35.5. The van der Waals surface area contributed by atoms with Crippen LogP contribution in [0.4, 0.5) is 11.4 Å². The van der Waals surface area contributed by atoms with Crippen molar-refractivity contribution in [2.24, 2.45) is 9.98 Å². The Balaban J connectivity index is 1.45. The van der Waals surface area contributed by atoms with E-state index >= 15 is 0 Å². The molecule has 0 aliphatic heterocycles. The first kappa shape index (κ1) is 20.4. The lowest BCUT2D eigenvalue weighted by Gasteiger charge is -2.04. The predicted octanol–water partition coefficient (Wildman–Crippen LogP) is 8.20. The SMILES string of the molecule is Clc1ccc(C=Nc2ccc3cc4ccc(N=Cc5ccc(Cl)cc5)cc4nc3c2)cc1. The number of hydrogen-bond donors (Lipinski definition) is 0. The molecule has 5 aromatic rings. The van der Waals surface area contributed by atoms with Gasteiger partial charge >= 0.3 is 0 Å². The molecule has 32 heavy (non-hydrogen) atoms. The molecule has 1 aromatic heterocycles. The van der Waals surface area contributed by atoms with Crippen LogP contribution in [0.25, 0.3) is 21.8 Å². The molecule has 0 saturated carbocycles. The van der Waals surface area contributed by atoms with Gasteiger partial charge in [0.1, 0.15) is 0 Å². The van der Waals surface area contributed by atoms with E-state index in [1.165, 1.54) is 0 Å². The summed E-state index contributed by atoms with van der Waals surface area (Å²) >= 11 is 11.9. The molecular weight excluding hydrogens is 437 g/mol. The third-order valence-electron chi connectivity index (χ3n) is 5.05. The maximum atomic E-state index is 5.94. The Bertz CT molecular complexity index is 1360. The maximum Gasteiger partial charge on any atom is 0.0731 e. The Morgan fingerprint density at radius 2 is 0.969 bits per heavy atom. The van der Waals surface area contributed by atoms with Crippen LogP contribution in [0.3, 0.4) is 0 Å². The fourth-order valence-electron chi connectivity index (χ4n) is 3.36. The molecule has 154 valence electrons. The van der Waals surface area contributed by atoms with E-state index in [-0.39, 0.29) is 0 Å². The van der Waals surface area contributed by atoms with Gasteiger partial charge in [-0.25, -0.2) is 4.98 Å². The Hall–Kier alpha value is -3.53. The van der Waals surface area contributed by atoms with E-state index in [2.05, 4.69) is 16.1 Å². The first-order chi connectivity index (χ1) is 15.6. The van der Waals surface area contributed by atoms with Gasteiger partial charge in [-0.15, -0.1) is 0 Å². The molecular formula is C27H17Cl2N3. The van der Waals surface area contributed by atoms with E-state index in [9.17, 15) is 0 Å². The summed E-state index contributed by atoms with van der Waals surface area (Å²) in [7, 11) is 0. The van der Waals surface area contributed by atoms with Crippen LogP contribution in [0.15, 0.2) is 101 Å². The molecule has 5 rings (SSSR count). The summed E-state index contributed by atoms with van der Waals surface area (Å²) in [5.41, 5.74) is 5.45. The van der Waals surface area contributed by atoms with Gasteiger partial charge in [0.05, 0.1) is 22.4 Å². The van der Waals surface area contributed by atoms with Gasteiger partial charge in [-0.2, -0.15) is 0 Å². The van der Waals surface area contributed by atoms with Gasteiger partial charge in [-0.3, -0.25) is 9.98 Å². The van der Waals surface area contributed by atoms with E-state index in [4.69, 9.17) is 28.2 Å². The number of aromatic nitrogens is 1. The first-order valence-corrected chi connectivity index (χ1v) is 10.8. The zero-order valence-electron chi connectivity index (χ0n) is 16.9. The van der Waals surface area contributed by atoms with Crippen LogP contribution in [0.5, 0.6) is 0 Å². The van der Waals surface area contributed by atoms with Crippen molar-refractivity contribution < 1.29 is 0 Å². The molecule has 0 atom stereocenters. The average molecular weight is 454 g/mol. The van der Waals surface area contributed by atoms with Crippen molar-refractivity contribution in [3.05, 3.63) is 112 Å². The van der Waals surface area contributed by atoms with E-state index in [1.807, 2.05) is 97.4 Å². The Morgan fingerprint density at radius 1 is 0.531 bits per heavy atom. The van der Waals surface area contributed by atoms with Crippen LogP contribution in [0, 0.1) is 0 Å². The second-order valence-electron chi connectivity index (χ2n) is 7.36. The summed E-state index contributed by atoms with van der Waals surface area (Å²) in [5, 5.41) is 3.56. The summed E-state index contributed by atoms with van der Waals surface area (Å²) in [5.74, 6) is 0. The Kier molecular flexibility index (Phi) is 5.68. The number of halogens is 2. The number of pyridine rings is 1. The molecule has 0 fully saturated rings. The fraction of sp³-hybridized carbons (Fsp3) is 0. The van der Waals surface area contributed by atoms with Crippen molar-refractivity contribution in [3.63, 3.8) is 0 Å². The van der Waals surface area contributed by atoms with Crippen molar-refractivity contribution in [3.8, 4) is 0 Å². The minimum Gasteiger partial charge on any atom is -0.256 e. The second-order valence-corrected chi connectivity index (χ2v) is 8.23. The van der Waals surface area contributed by atoms with Gasteiger partial charge in [-0.1, -0.05) is 59.6 Å². The van der Waals surface area contributed by atoms with Crippen molar-refractivity contribution in [1.82, 2.24) is 4.98 Å². The lowest BCUT2D eigenvalue weighted by molar-refractivity contribution is 1.46. The molecule has 0 amide bonds. The normalized spacial score (nSPS) is 11.8. The molecule has 0 radical (unpaired) electrons. The van der Waals surface area contributed by atoms with Crippen LogP contribution in [-0.4, -0.2) is 17.4 Å². The number of hydrogen-bond acceptors (Lipinski definition) is 3. The molecule has 0 bridgehead atoms. The zero-order chi connectivity index (χ0) is 21.9. The summed E-state index contributed by atoms with van der Waals surface area (Å²) in [6, 6.07) is 29.3. The molecule has 0 aliphatic carbocycles. The van der Waals surface area contributed by atoms with E-state index in [0.717, 1.165) is 44.3 Å². The van der Waals surface area contributed by atoms with Crippen molar-refractivity contribution in [1.29, 1.82) is 0 Å². The minimum absolute atomic E-state index is 0.709. The van der Waals surface area contributed by atoms with Gasteiger partial charge in [0.15, 0.2) is 0 Å². The van der Waals surface area contributed by atoms with Crippen LogP contribution >= 0.6 is 23.2 Å². The highest BCUT2D eigenvalue weighted by Gasteiger charge is 2.03. The van der Waals surface area contributed by atoms with E-state index < -0.39 is 0 Å². The highest BCUT2D eigenvalue weighted by Crippen LogP contribution is 2.26. The molecule has 0 unspecified atom stereocenters. The maximum absolute atomic E-state index is 5.94. The molecule has 0 spiro atoms. The standard InChI is InChI=1S/C27H17Cl2N3/c28-22-7-1-18(2-8-22)16-30-24-11-5-20-13-21-6-12-25(15-27(21)32-26(20)14-24)31-17-19-3-9-23(29)10-4-19/h1-17H. The van der Waals surface area contributed by atoms with Crippen LogP contribution in [0.2, 0.25) is 10.0 Å². The third kappa shape index (κ3) is 4.70.